The first-order chi connectivity index (χ1) is 5.68. The molecule has 0 spiro atoms. The minimum Gasteiger partial charge on any atom is -0.748 e. The Kier molecular flexibility index (Phi) is 3.48. The van der Waals surface area contributed by atoms with Crippen LogP contribution < -0.4 is 5.48 Å². The van der Waals surface area contributed by atoms with Gasteiger partial charge < -0.3 is 4.55 Å². The second kappa shape index (κ2) is 4.42. The predicted octanol–water partition coefficient (Wildman–Crippen LogP) is 1.48. The van der Waals surface area contributed by atoms with Crippen molar-refractivity contribution >= 4 is 28.6 Å². The zero-order valence-corrected chi connectivity index (χ0v) is 7.39. The maximum Gasteiger partial charge on any atom is 0.112 e. The maximum absolute atomic E-state index is 9.94. The number of rotatable bonds is 3. The van der Waals surface area contributed by atoms with Gasteiger partial charge in [0.05, 0.1) is 5.69 Å². The van der Waals surface area contributed by atoms with Gasteiger partial charge in [-0.3, -0.25) is 5.48 Å². The lowest BCUT2D eigenvalue weighted by Crippen LogP contribution is -2.03. The number of hydrogen-bond donors (Lipinski definition) is 1. The van der Waals surface area contributed by atoms with E-state index in [1.807, 2.05) is 0 Å². The number of nitrogens with one attached hydrogen (secondary N) is 1. The van der Waals surface area contributed by atoms with Gasteiger partial charge in [0.25, 0.3) is 0 Å². The van der Waals surface area contributed by atoms with Gasteiger partial charge in [-0.05, 0) is 18.2 Å². The lowest BCUT2D eigenvalue weighted by molar-refractivity contribution is 0.363. The molecule has 6 heteroatoms. The summed E-state index contributed by atoms with van der Waals surface area (Å²) in [4.78, 5) is 0. The van der Waals surface area contributed by atoms with E-state index in [-0.39, 0.29) is 0 Å². The highest BCUT2D eigenvalue weighted by Crippen LogP contribution is 2.14. The molecule has 0 saturated heterocycles. The molecule has 0 aliphatic rings. The van der Waals surface area contributed by atoms with Gasteiger partial charge in [0.15, 0.2) is 0 Å². The number of halogens is 1. The molecule has 1 N–H and O–H groups in total. The summed E-state index contributed by atoms with van der Waals surface area (Å²) in [6.45, 7) is 0. The van der Waals surface area contributed by atoms with E-state index in [9.17, 15) is 8.76 Å². The topological polar surface area (TPSA) is 61.4 Å². The maximum atomic E-state index is 9.94. The van der Waals surface area contributed by atoms with Crippen LogP contribution in [0.1, 0.15) is 0 Å². The van der Waals surface area contributed by atoms with Crippen LogP contribution in [0.3, 0.4) is 0 Å². The standard InChI is InChI=1S/C6H6ClNO3S/c7-5-2-1-3-6(4-5)8-11-12(9)10/h1-4,8H,(H,9,10)/p-1. The van der Waals surface area contributed by atoms with Crippen molar-refractivity contribution < 1.29 is 13.0 Å². The van der Waals surface area contributed by atoms with Crippen molar-refractivity contribution in [1.82, 2.24) is 0 Å². The third kappa shape index (κ3) is 3.19. The highest BCUT2D eigenvalue weighted by molar-refractivity contribution is 7.74. The third-order valence-electron chi connectivity index (χ3n) is 1.05. The van der Waals surface area contributed by atoms with Crippen molar-refractivity contribution in [2.45, 2.75) is 0 Å². The highest BCUT2D eigenvalue weighted by atomic mass is 35.5. The van der Waals surface area contributed by atoms with E-state index < -0.39 is 11.4 Å². The molecule has 0 saturated carbocycles. The molecule has 0 aliphatic carbocycles. The minimum atomic E-state index is -2.58. The monoisotopic (exact) mass is 206 g/mol. The fourth-order valence-electron chi connectivity index (χ4n) is 0.634. The molecule has 1 rings (SSSR count). The van der Waals surface area contributed by atoms with Gasteiger partial charge in [0.2, 0.25) is 0 Å². The Hall–Kier alpha value is -0.620. The Morgan fingerprint density at radius 3 is 2.92 bits per heavy atom. The zero-order chi connectivity index (χ0) is 8.97. The van der Waals surface area contributed by atoms with E-state index >= 15 is 0 Å². The largest absolute Gasteiger partial charge is 0.748 e. The van der Waals surface area contributed by atoms with Crippen LogP contribution >= 0.6 is 11.6 Å². The number of hydrogen-bond acceptors (Lipinski definition) is 4. The molecule has 0 bridgehead atoms. The van der Waals surface area contributed by atoms with E-state index in [2.05, 4.69) is 9.76 Å². The minimum absolute atomic E-state index is 0.478. The Morgan fingerprint density at radius 2 is 2.33 bits per heavy atom. The summed E-state index contributed by atoms with van der Waals surface area (Å²) in [5.41, 5.74) is 2.67. The van der Waals surface area contributed by atoms with Crippen LogP contribution in [0.15, 0.2) is 24.3 Å². The fraction of sp³-hybridized carbons (Fsp3) is 0. The predicted molar refractivity (Wildman–Crippen MR) is 45.1 cm³/mol. The van der Waals surface area contributed by atoms with E-state index in [0.717, 1.165) is 0 Å². The summed E-state index contributed by atoms with van der Waals surface area (Å²) in [7, 11) is 0. The second-order valence-electron chi connectivity index (χ2n) is 1.90. The molecule has 12 heavy (non-hydrogen) atoms. The van der Waals surface area contributed by atoms with Crippen molar-refractivity contribution in [2.75, 3.05) is 5.48 Å². The number of benzene rings is 1. The van der Waals surface area contributed by atoms with Crippen LogP contribution in [-0.4, -0.2) is 8.76 Å². The molecule has 1 aromatic rings. The lowest BCUT2D eigenvalue weighted by atomic mass is 10.3. The molecule has 0 amide bonds. The summed E-state index contributed by atoms with van der Waals surface area (Å²) in [5, 5.41) is 0.500. The lowest BCUT2D eigenvalue weighted by Gasteiger charge is -2.07. The molecular weight excluding hydrogens is 202 g/mol. The van der Waals surface area contributed by atoms with E-state index in [4.69, 9.17) is 11.6 Å². The quantitative estimate of drug-likeness (QED) is 0.601. The average molecular weight is 207 g/mol. The molecule has 0 aliphatic heterocycles. The van der Waals surface area contributed by atoms with Crippen LogP contribution in [0.25, 0.3) is 0 Å². The molecule has 0 radical (unpaired) electrons. The fourth-order valence-corrected chi connectivity index (χ4v) is 0.989. The summed E-state index contributed by atoms with van der Waals surface area (Å²) in [6.07, 6.45) is 0. The highest BCUT2D eigenvalue weighted by Gasteiger charge is 1.91. The summed E-state index contributed by atoms with van der Waals surface area (Å²) < 4.78 is 24.0. The molecule has 1 aromatic carbocycles. The van der Waals surface area contributed by atoms with Gasteiger partial charge in [-0.2, -0.15) is 4.28 Å². The van der Waals surface area contributed by atoms with Crippen LogP contribution in [0.5, 0.6) is 0 Å². The Balaban J connectivity index is 2.57. The third-order valence-corrected chi connectivity index (χ3v) is 1.51. The van der Waals surface area contributed by atoms with Gasteiger partial charge in [-0.1, -0.05) is 17.7 Å². The van der Waals surface area contributed by atoms with Gasteiger partial charge in [-0.15, -0.1) is 0 Å². The van der Waals surface area contributed by atoms with Crippen molar-refractivity contribution in [3.05, 3.63) is 29.3 Å². The molecule has 0 aromatic heterocycles. The summed E-state index contributed by atoms with van der Waals surface area (Å²) in [5.74, 6) is 0. The molecule has 1 atom stereocenters. The second-order valence-corrected chi connectivity index (χ2v) is 2.91. The van der Waals surface area contributed by atoms with E-state index in [1.54, 1.807) is 18.2 Å². The van der Waals surface area contributed by atoms with Gasteiger partial charge in [-0.25, -0.2) is 4.21 Å². The average Bonchev–Trinajstić information content (AvgIpc) is 2.01. The van der Waals surface area contributed by atoms with Crippen molar-refractivity contribution in [3.8, 4) is 0 Å². The summed E-state index contributed by atoms with van der Waals surface area (Å²) in [6, 6.07) is 6.50. The Bertz CT molecular complexity index is 294. The summed E-state index contributed by atoms with van der Waals surface area (Å²) >= 11 is 3.03. The van der Waals surface area contributed by atoms with Crippen LogP contribution in [0, 0.1) is 0 Å². The van der Waals surface area contributed by atoms with Crippen molar-refractivity contribution in [3.63, 3.8) is 0 Å². The molecule has 0 heterocycles. The smallest absolute Gasteiger partial charge is 0.112 e. The van der Waals surface area contributed by atoms with E-state index in [1.165, 1.54) is 6.07 Å². The van der Waals surface area contributed by atoms with Gasteiger partial charge in [0.1, 0.15) is 11.4 Å². The first-order valence-corrected chi connectivity index (χ1v) is 4.34. The molecule has 1 unspecified atom stereocenters. The van der Waals surface area contributed by atoms with Crippen molar-refractivity contribution in [1.29, 1.82) is 0 Å². The zero-order valence-electron chi connectivity index (χ0n) is 5.82. The van der Waals surface area contributed by atoms with Crippen LogP contribution in [-0.2, 0) is 15.6 Å². The number of anilines is 1. The Labute approximate surface area is 76.9 Å². The molecule has 4 nitrogen and oxygen atoms in total. The van der Waals surface area contributed by atoms with E-state index in [0.29, 0.717) is 10.7 Å². The molecule has 0 fully saturated rings. The first-order valence-electron chi connectivity index (χ1n) is 2.96. The SMILES string of the molecule is O=S([O-])ONc1cccc(Cl)c1. The van der Waals surface area contributed by atoms with Gasteiger partial charge >= 0.3 is 0 Å². The van der Waals surface area contributed by atoms with Crippen LogP contribution in [0.4, 0.5) is 5.69 Å². The Morgan fingerprint density at radius 1 is 1.58 bits per heavy atom. The van der Waals surface area contributed by atoms with Gasteiger partial charge in [0, 0.05) is 5.02 Å². The molecule has 66 valence electrons. The molecular formula is C6H5ClNO3S-. The van der Waals surface area contributed by atoms with Crippen molar-refractivity contribution in [2.24, 2.45) is 0 Å². The normalized spacial score (nSPS) is 12.5. The first kappa shape index (κ1) is 9.47. The van der Waals surface area contributed by atoms with Crippen LogP contribution in [0.2, 0.25) is 5.02 Å².